The molecule has 6 heteroatoms. The number of carbonyl (C=O) groups is 2. The second kappa shape index (κ2) is 6.35. The number of benzene rings is 1. The van der Waals surface area contributed by atoms with Crippen LogP contribution in [0.3, 0.4) is 0 Å². The van der Waals surface area contributed by atoms with Crippen molar-refractivity contribution in [3.8, 4) is 5.75 Å². The molecule has 0 unspecified atom stereocenters. The van der Waals surface area contributed by atoms with E-state index in [0.717, 1.165) is 6.42 Å². The van der Waals surface area contributed by atoms with Crippen LogP contribution in [0.2, 0.25) is 5.02 Å². The van der Waals surface area contributed by atoms with Gasteiger partial charge in [0.15, 0.2) is 0 Å². The summed E-state index contributed by atoms with van der Waals surface area (Å²) in [6, 6.07) is 4.92. The van der Waals surface area contributed by atoms with Crippen LogP contribution in [0.15, 0.2) is 18.2 Å². The van der Waals surface area contributed by atoms with E-state index in [1.807, 2.05) is 6.92 Å². The zero-order chi connectivity index (χ0) is 15.5. The lowest BCUT2D eigenvalue weighted by molar-refractivity contribution is -0.157. The van der Waals surface area contributed by atoms with Crippen LogP contribution in [-0.4, -0.2) is 23.6 Å². The van der Waals surface area contributed by atoms with E-state index in [0.29, 0.717) is 35.9 Å². The number of aliphatic carboxylic acids is 1. The Kier molecular flexibility index (Phi) is 4.73. The van der Waals surface area contributed by atoms with E-state index in [2.05, 4.69) is 5.32 Å². The average Bonchev–Trinajstić information content (AvgIpc) is 2.37. The van der Waals surface area contributed by atoms with Crippen LogP contribution in [0.4, 0.5) is 5.69 Å². The Morgan fingerprint density at radius 2 is 2.14 bits per heavy atom. The number of halogens is 1. The summed E-state index contributed by atoms with van der Waals surface area (Å²) in [5.74, 6) is -0.734. The highest BCUT2D eigenvalue weighted by atomic mass is 35.5. The molecule has 0 aromatic heterocycles. The Hall–Kier alpha value is -1.75. The van der Waals surface area contributed by atoms with Gasteiger partial charge in [0.1, 0.15) is 5.75 Å². The molecule has 1 aliphatic rings. The SMILES string of the molecule is CCOc1cc(Cl)ccc1NC(=O)CC1(C(=O)O)CCC1. The molecule has 0 spiro atoms. The molecule has 0 bridgehead atoms. The first kappa shape index (κ1) is 15.6. The maximum atomic E-state index is 12.1. The lowest BCUT2D eigenvalue weighted by Gasteiger charge is -2.36. The second-order valence-corrected chi connectivity index (χ2v) is 5.67. The molecule has 1 saturated carbocycles. The number of carbonyl (C=O) groups excluding carboxylic acids is 1. The van der Waals surface area contributed by atoms with Gasteiger partial charge in [-0.3, -0.25) is 9.59 Å². The Balaban J connectivity index is 2.07. The van der Waals surface area contributed by atoms with Crippen LogP contribution in [0.25, 0.3) is 0 Å². The highest BCUT2D eigenvalue weighted by Gasteiger charge is 2.45. The fraction of sp³-hybridized carbons (Fsp3) is 0.467. The van der Waals surface area contributed by atoms with Gasteiger partial charge in [0.05, 0.1) is 17.7 Å². The molecule has 0 heterocycles. The molecule has 0 saturated heterocycles. The molecule has 5 nitrogen and oxygen atoms in total. The van der Waals surface area contributed by atoms with Gasteiger partial charge in [-0.25, -0.2) is 0 Å². The Morgan fingerprint density at radius 3 is 2.67 bits per heavy atom. The molecule has 1 aliphatic carbocycles. The van der Waals surface area contributed by atoms with Gasteiger partial charge in [-0.2, -0.15) is 0 Å². The molecule has 114 valence electrons. The molecule has 0 radical (unpaired) electrons. The normalized spacial score (nSPS) is 15.9. The summed E-state index contributed by atoms with van der Waals surface area (Å²) in [7, 11) is 0. The number of hydrogen-bond donors (Lipinski definition) is 2. The minimum absolute atomic E-state index is 0.0173. The molecule has 2 N–H and O–H groups in total. The summed E-state index contributed by atoms with van der Waals surface area (Å²) in [5.41, 5.74) is -0.395. The quantitative estimate of drug-likeness (QED) is 0.845. The molecule has 0 aliphatic heterocycles. The Labute approximate surface area is 128 Å². The Bertz CT molecular complexity index is 555. The zero-order valence-electron chi connectivity index (χ0n) is 11.8. The van der Waals surface area contributed by atoms with Crippen molar-refractivity contribution >= 4 is 29.2 Å². The summed E-state index contributed by atoms with van der Waals surface area (Å²) < 4.78 is 5.42. The highest BCUT2D eigenvalue weighted by Crippen LogP contribution is 2.44. The molecule has 1 aromatic rings. The first-order valence-corrected chi connectivity index (χ1v) is 7.30. The van der Waals surface area contributed by atoms with Crippen LogP contribution < -0.4 is 10.1 Å². The monoisotopic (exact) mass is 311 g/mol. The summed E-state index contributed by atoms with van der Waals surface area (Å²) >= 11 is 5.90. The van der Waals surface area contributed by atoms with E-state index in [1.54, 1.807) is 18.2 Å². The lowest BCUT2D eigenvalue weighted by Crippen LogP contribution is -2.41. The topological polar surface area (TPSA) is 75.6 Å². The van der Waals surface area contributed by atoms with Crippen LogP contribution >= 0.6 is 11.6 Å². The van der Waals surface area contributed by atoms with Crippen molar-refractivity contribution in [1.29, 1.82) is 0 Å². The van der Waals surface area contributed by atoms with Gasteiger partial charge < -0.3 is 15.2 Å². The molecule has 0 atom stereocenters. The van der Waals surface area contributed by atoms with Crippen molar-refractivity contribution in [3.63, 3.8) is 0 Å². The van der Waals surface area contributed by atoms with Crippen molar-refractivity contribution in [1.82, 2.24) is 0 Å². The predicted molar refractivity (Wildman–Crippen MR) is 79.8 cm³/mol. The fourth-order valence-corrected chi connectivity index (χ4v) is 2.61. The number of hydrogen-bond acceptors (Lipinski definition) is 3. The molecule has 21 heavy (non-hydrogen) atoms. The molecular formula is C15H18ClNO4. The van der Waals surface area contributed by atoms with Crippen molar-refractivity contribution in [2.45, 2.75) is 32.6 Å². The third kappa shape index (κ3) is 3.47. The van der Waals surface area contributed by atoms with Crippen molar-refractivity contribution in [2.24, 2.45) is 5.41 Å². The third-order valence-corrected chi connectivity index (χ3v) is 4.02. The predicted octanol–water partition coefficient (Wildman–Crippen LogP) is 3.32. The standard InChI is InChI=1S/C15H18ClNO4/c1-2-21-12-8-10(16)4-5-11(12)17-13(18)9-15(14(19)20)6-3-7-15/h4-5,8H,2-3,6-7,9H2,1H3,(H,17,18)(H,19,20). The Morgan fingerprint density at radius 1 is 1.43 bits per heavy atom. The fourth-order valence-electron chi connectivity index (χ4n) is 2.45. The number of amides is 1. The molecule has 1 amide bonds. The van der Waals surface area contributed by atoms with E-state index in [1.165, 1.54) is 0 Å². The van der Waals surface area contributed by atoms with Gasteiger partial charge in [0.25, 0.3) is 0 Å². The number of nitrogens with one attached hydrogen (secondary N) is 1. The minimum Gasteiger partial charge on any atom is -0.492 e. The average molecular weight is 312 g/mol. The lowest BCUT2D eigenvalue weighted by atomic mass is 9.66. The van der Waals surface area contributed by atoms with Gasteiger partial charge in [0, 0.05) is 17.5 Å². The van der Waals surface area contributed by atoms with Gasteiger partial charge in [-0.05, 0) is 31.9 Å². The van der Waals surface area contributed by atoms with Gasteiger partial charge in [-0.1, -0.05) is 18.0 Å². The van der Waals surface area contributed by atoms with Gasteiger partial charge in [0.2, 0.25) is 5.91 Å². The summed E-state index contributed by atoms with van der Waals surface area (Å²) in [6.45, 7) is 2.28. The van der Waals surface area contributed by atoms with Crippen molar-refractivity contribution in [2.75, 3.05) is 11.9 Å². The maximum Gasteiger partial charge on any atom is 0.310 e. The van der Waals surface area contributed by atoms with Crippen LogP contribution in [-0.2, 0) is 9.59 Å². The number of anilines is 1. The minimum atomic E-state index is -0.901. The summed E-state index contributed by atoms with van der Waals surface area (Å²) in [4.78, 5) is 23.4. The largest absolute Gasteiger partial charge is 0.492 e. The first-order chi connectivity index (χ1) is 9.97. The van der Waals surface area contributed by atoms with E-state index in [9.17, 15) is 14.7 Å². The second-order valence-electron chi connectivity index (χ2n) is 5.24. The smallest absolute Gasteiger partial charge is 0.310 e. The van der Waals surface area contributed by atoms with E-state index in [4.69, 9.17) is 16.3 Å². The van der Waals surface area contributed by atoms with E-state index >= 15 is 0 Å². The molecular weight excluding hydrogens is 294 g/mol. The van der Waals surface area contributed by atoms with E-state index in [-0.39, 0.29) is 12.3 Å². The summed E-state index contributed by atoms with van der Waals surface area (Å²) in [6.07, 6.45) is 1.94. The highest BCUT2D eigenvalue weighted by molar-refractivity contribution is 6.30. The number of carboxylic acids is 1. The summed E-state index contributed by atoms with van der Waals surface area (Å²) in [5, 5.41) is 12.5. The van der Waals surface area contributed by atoms with Gasteiger partial charge in [-0.15, -0.1) is 0 Å². The number of rotatable bonds is 6. The van der Waals surface area contributed by atoms with Crippen molar-refractivity contribution in [3.05, 3.63) is 23.2 Å². The van der Waals surface area contributed by atoms with Crippen molar-refractivity contribution < 1.29 is 19.4 Å². The first-order valence-electron chi connectivity index (χ1n) is 6.92. The number of carboxylic acid groups (broad SMARTS) is 1. The van der Waals surface area contributed by atoms with Crippen LogP contribution in [0.1, 0.15) is 32.6 Å². The third-order valence-electron chi connectivity index (χ3n) is 3.78. The van der Waals surface area contributed by atoms with E-state index < -0.39 is 11.4 Å². The number of ether oxygens (including phenoxy) is 1. The molecule has 1 fully saturated rings. The zero-order valence-corrected chi connectivity index (χ0v) is 12.6. The molecule has 2 rings (SSSR count). The van der Waals surface area contributed by atoms with Crippen LogP contribution in [0, 0.1) is 5.41 Å². The maximum absolute atomic E-state index is 12.1. The van der Waals surface area contributed by atoms with Crippen LogP contribution in [0.5, 0.6) is 5.75 Å². The molecule has 1 aromatic carbocycles. The van der Waals surface area contributed by atoms with Gasteiger partial charge >= 0.3 is 5.97 Å².